The Morgan fingerprint density at radius 1 is 1.11 bits per heavy atom. The van der Waals surface area contributed by atoms with Crippen LogP contribution < -0.4 is 5.32 Å². The van der Waals surface area contributed by atoms with Crippen LogP contribution in [0.1, 0.15) is 27.2 Å². The zero-order valence-electron chi connectivity index (χ0n) is 7.33. The predicted octanol–water partition coefficient (Wildman–Crippen LogP) is 1.06. The number of rotatable bonds is 3. The highest BCUT2D eigenvalue weighted by Crippen LogP contribution is 1.73. The van der Waals surface area contributed by atoms with Crippen molar-refractivity contribution in [1.82, 2.24) is 5.32 Å². The zero-order valence-corrected chi connectivity index (χ0v) is 9.33. The van der Waals surface area contributed by atoms with Gasteiger partial charge in [-0.25, -0.2) is 0 Å². The largest absolute Gasteiger partial charge is 0.317 e. The van der Waals surface area contributed by atoms with E-state index in [4.69, 9.17) is 0 Å². The molecule has 0 radical (unpaired) electrons. The molecule has 0 aromatic rings. The van der Waals surface area contributed by atoms with Gasteiger partial charge in [-0.15, -0.1) is 5.28 Å². The third-order valence-electron chi connectivity index (χ3n) is 1.000. The molecule has 0 amide bonds. The van der Waals surface area contributed by atoms with Gasteiger partial charge in [-0.05, 0) is 13.1 Å². The summed E-state index contributed by atoms with van der Waals surface area (Å²) in [6.07, 6.45) is 1.38. The number of hydrogen-bond donors (Lipinski definition) is 1. The summed E-state index contributed by atoms with van der Waals surface area (Å²) < 4.78 is 0. The van der Waals surface area contributed by atoms with Gasteiger partial charge in [-0.1, -0.05) is 27.2 Å². The fraction of sp³-hybridized carbons (Fsp3) is 1.00. The van der Waals surface area contributed by atoms with Crippen molar-refractivity contribution >= 4 is 16.3 Å². The molecular weight excluding hydrogens is 125 g/mol. The van der Waals surface area contributed by atoms with Gasteiger partial charge in [-0.2, -0.15) is 0 Å². The molecule has 1 nitrogen and oxygen atoms in total. The van der Waals surface area contributed by atoms with Gasteiger partial charge in [0.1, 0.15) is 0 Å². The highest BCUT2D eigenvalue weighted by atomic mass is 27.0. The maximum atomic E-state index is 3.11. The van der Waals surface area contributed by atoms with Crippen LogP contribution in [0.15, 0.2) is 0 Å². The van der Waals surface area contributed by atoms with E-state index in [1.807, 2.05) is 0 Å². The Balaban J connectivity index is 0. The van der Waals surface area contributed by atoms with E-state index in [0.29, 0.717) is 0 Å². The van der Waals surface area contributed by atoms with Crippen molar-refractivity contribution in [1.29, 1.82) is 0 Å². The molecule has 0 aliphatic carbocycles. The molecule has 9 heavy (non-hydrogen) atoms. The number of nitrogens with one attached hydrogen (secondary N) is 1. The van der Waals surface area contributed by atoms with Crippen LogP contribution in [0.25, 0.3) is 0 Å². The van der Waals surface area contributed by atoms with Gasteiger partial charge in [0.2, 0.25) is 16.3 Å². The molecule has 0 atom stereocenters. The Morgan fingerprint density at radius 3 is 1.44 bits per heavy atom. The molecule has 1 N–H and O–H groups in total. The maximum Gasteiger partial charge on any atom is 0.211 e. The van der Waals surface area contributed by atoms with Crippen LogP contribution in [0.5, 0.6) is 0 Å². The van der Waals surface area contributed by atoms with E-state index >= 15 is 0 Å². The lowest BCUT2D eigenvalue weighted by atomic mass is 10.6. The number of hydrogen-bond acceptors (Lipinski definition) is 1. The minimum atomic E-state index is 1.09. The highest BCUT2D eigenvalue weighted by Gasteiger charge is 1.62. The molecule has 2 heteroatoms. The van der Waals surface area contributed by atoms with Crippen LogP contribution >= 0.6 is 0 Å². The van der Waals surface area contributed by atoms with Crippen molar-refractivity contribution in [3.63, 3.8) is 0 Å². The zero-order chi connectivity index (χ0) is 7.54. The van der Waals surface area contributed by atoms with Gasteiger partial charge in [0, 0.05) is 0 Å². The first-order valence-corrected chi connectivity index (χ1v) is 5.45. The van der Waals surface area contributed by atoms with Crippen molar-refractivity contribution in [2.24, 2.45) is 0 Å². The van der Waals surface area contributed by atoms with Gasteiger partial charge >= 0.3 is 0 Å². The molecule has 0 unspecified atom stereocenters. The molecule has 0 rings (SSSR count). The van der Waals surface area contributed by atoms with Gasteiger partial charge in [0.15, 0.2) is 0 Å². The third kappa shape index (κ3) is 29.3. The van der Waals surface area contributed by atoms with E-state index in [-0.39, 0.29) is 0 Å². The first-order valence-electron chi connectivity index (χ1n) is 4.04. The lowest BCUT2D eigenvalue weighted by Gasteiger charge is -1.86. The quantitative estimate of drug-likeness (QED) is 0.586. The normalized spacial score (nSPS) is 7.89. The van der Waals surface area contributed by atoms with Crippen molar-refractivity contribution in [2.45, 2.75) is 32.5 Å². The molecule has 0 aliphatic heterocycles. The molecule has 0 heterocycles. The van der Waals surface area contributed by atoms with Crippen LogP contribution in [0, 0.1) is 0 Å². The summed E-state index contributed by atoms with van der Waals surface area (Å²) in [6.45, 7) is 8.60. The second-order valence-corrected chi connectivity index (χ2v) is 2.96. The summed E-state index contributed by atoms with van der Waals surface area (Å²) >= 11 is 1.39. The molecule has 0 saturated heterocycles. The molecule has 0 aromatic heterocycles. The fourth-order valence-electron chi connectivity index (χ4n) is 0.250. The van der Waals surface area contributed by atoms with E-state index in [1.54, 1.807) is 0 Å². The first kappa shape index (κ1) is 12.2. The standard InChI is InChI=1S/C4H11N.C3H7.Al.2H/c1-3-5-4-2;1-3-2;;;/h5H,3-4H2,1-2H3;1,3H2,2H3;;;. The van der Waals surface area contributed by atoms with E-state index in [2.05, 4.69) is 26.1 Å². The molecule has 0 bridgehead atoms. The van der Waals surface area contributed by atoms with Crippen LogP contribution in [0.2, 0.25) is 5.28 Å². The Morgan fingerprint density at radius 2 is 1.44 bits per heavy atom. The van der Waals surface area contributed by atoms with Crippen molar-refractivity contribution < 1.29 is 0 Å². The summed E-state index contributed by atoms with van der Waals surface area (Å²) in [5.74, 6) is 0. The second-order valence-electron chi connectivity index (χ2n) is 1.96. The van der Waals surface area contributed by atoms with Crippen molar-refractivity contribution in [3.8, 4) is 0 Å². The van der Waals surface area contributed by atoms with Gasteiger partial charge in [0.05, 0.1) is 0 Å². The van der Waals surface area contributed by atoms with E-state index in [9.17, 15) is 0 Å². The summed E-state index contributed by atoms with van der Waals surface area (Å²) in [7, 11) is 0. The van der Waals surface area contributed by atoms with Gasteiger partial charge in [-0.3, -0.25) is 0 Å². The average molecular weight is 145 g/mol. The highest BCUT2D eigenvalue weighted by molar-refractivity contribution is 6.08. The third-order valence-corrected chi connectivity index (χ3v) is 2.00. The molecule has 0 spiro atoms. The molecule has 0 aromatic carbocycles. The molecule has 56 valence electrons. The Hall–Kier alpha value is 0.492. The second kappa shape index (κ2) is 15.8. The Bertz CT molecular complexity index is 28.1. The maximum absolute atomic E-state index is 3.11. The van der Waals surface area contributed by atoms with E-state index < -0.39 is 0 Å². The van der Waals surface area contributed by atoms with Gasteiger partial charge < -0.3 is 5.32 Å². The monoisotopic (exact) mass is 145 g/mol. The van der Waals surface area contributed by atoms with Crippen LogP contribution in [0.3, 0.4) is 0 Å². The van der Waals surface area contributed by atoms with Crippen LogP contribution in [0.4, 0.5) is 0 Å². The SMILES string of the molecule is CCNCC.CC[CH2][AlH2]. The van der Waals surface area contributed by atoms with Crippen molar-refractivity contribution in [2.75, 3.05) is 13.1 Å². The molecular formula is C7H20AlN. The molecule has 0 saturated carbocycles. The summed E-state index contributed by atoms with van der Waals surface area (Å²) in [4.78, 5) is 0. The van der Waals surface area contributed by atoms with E-state index in [0.717, 1.165) is 13.1 Å². The summed E-state index contributed by atoms with van der Waals surface area (Å²) in [6, 6.07) is 0. The molecule has 0 aliphatic rings. The predicted molar refractivity (Wildman–Crippen MR) is 47.9 cm³/mol. The van der Waals surface area contributed by atoms with Gasteiger partial charge in [0.25, 0.3) is 0 Å². The lowest BCUT2D eigenvalue weighted by molar-refractivity contribution is 0.762. The fourth-order valence-corrected chi connectivity index (χ4v) is 0.250. The smallest absolute Gasteiger partial charge is 0.211 e. The lowest BCUT2D eigenvalue weighted by Crippen LogP contribution is -2.09. The van der Waals surface area contributed by atoms with Crippen LogP contribution in [-0.2, 0) is 0 Å². The summed E-state index contributed by atoms with van der Waals surface area (Å²) in [5, 5.41) is 4.57. The summed E-state index contributed by atoms with van der Waals surface area (Å²) in [5.41, 5.74) is 0. The van der Waals surface area contributed by atoms with Crippen LogP contribution in [-0.4, -0.2) is 29.4 Å². The average Bonchev–Trinajstić information content (AvgIpc) is 1.91. The minimum Gasteiger partial charge on any atom is -0.317 e. The first-order chi connectivity index (χ1) is 4.33. The van der Waals surface area contributed by atoms with Crippen molar-refractivity contribution in [3.05, 3.63) is 0 Å². The minimum absolute atomic E-state index is 1.09. The Kier molecular flexibility index (Phi) is 21.4. The van der Waals surface area contributed by atoms with E-state index in [1.165, 1.54) is 28.0 Å². The topological polar surface area (TPSA) is 12.0 Å². The Labute approximate surface area is 67.6 Å². The molecule has 0 fully saturated rings.